The molecule has 0 aliphatic carbocycles. The number of likely N-dealkylation sites (tertiary alicyclic amines) is 1. The number of guanidine groups is 1. The summed E-state index contributed by atoms with van der Waals surface area (Å²) in [5.74, 6) is 0.779. The lowest BCUT2D eigenvalue weighted by atomic mass is 9.90. The van der Waals surface area contributed by atoms with Crippen LogP contribution >= 0.6 is 23.2 Å². The molecule has 0 spiro atoms. The Hall–Kier alpha value is -1.13. The van der Waals surface area contributed by atoms with Crippen LogP contribution < -0.4 is 5.73 Å². The van der Waals surface area contributed by atoms with Crippen molar-refractivity contribution in [3.63, 3.8) is 0 Å². The van der Waals surface area contributed by atoms with E-state index < -0.39 is 0 Å². The Morgan fingerprint density at radius 1 is 1.26 bits per heavy atom. The number of benzene rings is 1. The van der Waals surface area contributed by atoms with Crippen molar-refractivity contribution in [3.05, 3.63) is 33.8 Å². The van der Waals surface area contributed by atoms with Crippen molar-refractivity contribution in [2.24, 2.45) is 16.8 Å². The molecule has 3 N–H and O–H groups in total. The molecule has 4 nitrogen and oxygen atoms in total. The maximum atomic E-state index is 8.64. The first-order valence-electron chi connectivity index (χ1n) is 6.26. The second kappa shape index (κ2) is 6.35. The molecule has 1 fully saturated rings. The van der Waals surface area contributed by atoms with Gasteiger partial charge in [0.15, 0.2) is 0 Å². The first kappa shape index (κ1) is 14.3. The molecule has 1 heterocycles. The van der Waals surface area contributed by atoms with Crippen molar-refractivity contribution in [2.45, 2.75) is 19.3 Å². The van der Waals surface area contributed by atoms with Gasteiger partial charge in [-0.05, 0) is 48.9 Å². The van der Waals surface area contributed by atoms with Gasteiger partial charge in [0.2, 0.25) is 5.96 Å². The van der Waals surface area contributed by atoms with E-state index in [0.29, 0.717) is 16.0 Å². The predicted octanol–water partition coefficient (Wildman–Crippen LogP) is 2.95. The quantitative estimate of drug-likeness (QED) is 0.382. The van der Waals surface area contributed by atoms with Crippen molar-refractivity contribution in [2.75, 3.05) is 13.1 Å². The van der Waals surface area contributed by atoms with Gasteiger partial charge in [0.25, 0.3) is 0 Å². The minimum atomic E-state index is 0.198. The second-order valence-corrected chi connectivity index (χ2v) is 5.74. The maximum absolute atomic E-state index is 8.64. The van der Waals surface area contributed by atoms with Crippen LogP contribution in [-0.4, -0.2) is 29.2 Å². The standard InChI is InChI=1S/C13H17Cl2N3O/c14-11-6-10(7-12(15)8-11)5-9-1-3-18(4-2-9)13(16)17-19/h6-9,19H,1-5H2,(H2,16,17). The highest BCUT2D eigenvalue weighted by Gasteiger charge is 2.21. The van der Waals surface area contributed by atoms with Crippen LogP contribution in [0.1, 0.15) is 18.4 Å². The Labute approximate surface area is 122 Å². The second-order valence-electron chi connectivity index (χ2n) is 4.87. The van der Waals surface area contributed by atoms with E-state index in [4.69, 9.17) is 34.1 Å². The van der Waals surface area contributed by atoms with Crippen LogP contribution in [0.15, 0.2) is 23.4 Å². The van der Waals surface area contributed by atoms with Gasteiger partial charge >= 0.3 is 0 Å². The van der Waals surface area contributed by atoms with Crippen LogP contribution in [-0.2, 0) is 6.42 Å². The number of hydrogen-bond acceptors (Lipinski definition) is 2. The van der Waals surface area contributed by atoms with Gasteiger partial charge < -0.3 is 15.8 Å². The summed E-state index contributed by atoms with van der Waals surface area (Å²) in [6, 6.07) is 5.67. The van der Waals surface area contributed by atoms with E-state index in [0.717, 1.165) is 32.4 Å². The monoisotopic (exact) mass is 301 g/mol. The molecule has 1 saturated heterocycles. The Balaban J connectivity index is 1.92. The Kier molecular flexibility index (Phi) is 4.77. The molecule has 6 heteroatoms. The van der Waals surface area contributed by atoms with Gasteiger partial charge in [-0.25, -0.2) is 0 Å². The van der Waals surface area contributed by atoms with E-state index >= 15 is 0 Å². The zero-order valence-electron chi connectivity index (χ0n) is 10.5. The fourth-order valence-electron chi connectivity index (χ4n) is 2.49. The van der Waals surface area contributed by atoms with Crippen LogP contribution in [0.2, 0.25) is 10.0 Å². The van der Waals surface area contributed by atoms with Crippen molar-refractivity contribution in [3.8, 4) is 0 Å². The summed E-state index contributed by atoms with van der Waals surface area (Å²) in [7, 11) is 0. The van der Waals surface area contributed by atoms with Crippen molar-refractivity contribution < 1.29 is 5.21 Å². The fourth-order valence-corrected chi connectivity index (χ4v) is 3.06. The third kappa shape index (κ3) is 3.91. The summed E-state index contributed by atoms with van der Waals surface area (Å²) >= 11 is 12.0. The number of piperidine rings is 1. The van der Waals surface area contributed by atoms with E-state index in [2.05, 4.69) is 5.16 Å². The van der Waals surface area contributed by atoms with Gasteiger partial charge in [0.1, 0.15) is 0 Å². The maximum Gasteiger partial charge on any atom is 0.233 e. The molecule has 0 aromatic heterocycles. The van der Waals surface area contributed by atoms with Gasteiger partial charge in [0.05, 0.1) is 0 Å². The molecular weight excluding hydrogens is 285 g/mol. The predicted molar refractivity (Wildman–Crippen MR) is 77.9 cm³/mol. The number of nitrogens with two attached hydrogens (primary N) is 1. The first-order chi connectivity index (χ1) is 9.08. The highest BCUT2D eigenvalue weighted by molar-refractivity contribution is 6.34. The third-order valence-electron chi connectivity index (χ3n) is 3.49. The highest BCUT2D eigenvalue weighted by Crippen LogP contribution is 2.25. The lowest BCUT2D eigenvalue weighted by molar-refractivity contribution is 0.245. The van der Waals surface area contributed by atoms with Gasteiger partial charge in [-0.1, -0.05) is 28.4 Å². The number of hydrogen-bond donors (Lipinski definition) is 2. The van der Waals surface area contributed by atoms with E-state index in [1.54, 1.807) is 6.07 Å². The average Bonchev–Trinajstić information content (AvgIpc) is 2.37. The summed E-state index contributed by atoms with van der Waals surface area (Å²) in [4.78, 5) is 1.89. The molecule has 19 heavy (non-hydrogen) atoms. The van der Waals surface area contributed by atoms with E-state index in [1.807, 2.05) is 17.0 Å². The Morgan fingerprint density at radius 3 is 2.37 bits per heavy atom. The van der Waals surface area contributed by atoms with Crippen molar-refractivity contribution >= 4 is 29.2 Å². The first-order valence-corrected chi connectivity index (χ1v) is 7.01. The Morgan fingerprint density at radius 2 is 1.84 bits per heavy atom. The molecule has 1 aliphatic heterocycles. The average molecular weight is 302 g/mol. The summed E-state index contributed by atoms with van der Waals surface area (Å²) < 4.78 is 0. The van der Waals surface area contributed by atoms with E-state index in [-0.39, 0.29) is 5.96 Å². The SMILES string of the molecule is N/C(=N\O)N1CCC(Cc2cc(Cl)cc(Cl)c2)CC1. The van der Waals surface area contributed by atoms with Crippen molar-refractivity contribution in [1.82, 2.24) is 4.90 Å². The van der Waals surface area contributed by atoms with Crippen LogP contribution in [0.25, 0.3) is 0 Å². The minimum Gasteiger partial charge on any atom is -0.408 e. The number of rotatable bonds is 2. The van der Waals surface area contributed by atoms with Gasteiger partial charge in [-0.15, -0.1) is 0 Å². The van der Waals surface area contributed by atoms with Crippen LogP contribution in [0, 0.1) is 5.92 Å². The number of nitrogens with zero attached hydrogens (tertiary/aromatic N) is 2. The smallest absolute Gasteiger partial charge is 0.233 e. The topological polar surface area (TPSA) is 61.9 Å². The van der Waals surface area contributed by atoms with Crippen molar-refractivity contribution in [1.29, 1.82) is 0 Å². The summed E-state index contributed by atoms with van der Waals surface area (Å²) in [6.07, 6.45) is 2.99. The molecular formula is C13H17Cl2N3O. The molecule has 0 saturated carbocycles. The van der Waals surface area contributed by atoms with Gasteiger partial charge in [-0.2, -0.15) is 0 Å². The Bertz CT molecular complexity index is 451. The minimum absolute atomic E-state index is 0.198. The molecule has 0 radical (unpaired) electrons. The molecule has 0 atom stereocenters. The molecule has 0 unspecified atom stereocenters. The molecule has 1 aromatic rings. The van der Waals surface area contributed by atoms with E-state index in [9.17, 15) is 0 Å². The molecule has 104 valence electrons. The fraction of sp³-hybridized carbons (Fsp3) is 0.462. The number of oxime groups is 1. The van der Waals surface area contributed by atoms with Gasteiger partial charge in [-0.3, -0.25) is 0 Å². The van der Waals surface area contributed by atoms with Crippen LogP contribution in [0.5, 0.6) is 0 Å². The molecule has 0 amide bonds. The molecule has 0 bridgehead atoms. The summed E-state index contributed by atoms with van der Waals surface area (Å²) in [5, 5.41) is 13.0. The normalized spacial score (nSPS) is 17.8. The lowest BCUT2D eigenvalue weighted by Crippen LogP contribution is -2.43. The lowest BCUT2D eigenvalue weighted by Gasteiger charge is -2.32. The number of halogens is 2. The van der Waals surface area contributed by atoms with Gasteiger partial charge in [0, 0.05) is 23.1 Å². The molecule has 1 aromatic carbocycles. The zero-order chi connectivity index (χ0) is 13.8. The van der Waals surface area contributed by atoms with Crippen LogP contribution in [0.3, 0.4) is 0 Å². The molecule has 2 rings (SSSR count). The third-order valence-corrected chi connectivity index (χ3v) is 3.92. The zero-order valence-corrected chi connectivity index (χ0v) is 12.0. The largest absolute Gasteiger partial charge is 0.408 e. The van der Waals surface area contributed by atoms with Crippen LogP contribution in [0.4, 0.5) is 0 Å². The summed E-state index contributed by atoms with van der Waals surface area (Å²) in [6.45, 7) is 1.63. The summed E-state index contributed by atoms with van der Waals surface area (Å²) in [5.41, 5.74) is 6.74. The molecule has 1 aliphatic rings. The highest BCUT2D eigenvalue weighted by atomic mass is 35.5. The van der Waals surface area contributed by atoms with E-state index in [1.165, 1.54) is 5.56 Å².